The van der Waals surface area contributed by atoms with Gasteiger partial charge in [0, 0.05) is 13.0 Å². The first-order valence-electron chi connectivity index (χ1n) is 8.77. The molecule has 146 valence electrons. The van der Waals surface area contributed by atoms with Crippen LogP contribution in [0.2, 0.25) is 0 Å². The van der Waals surface area contributed by atoms with Gasteiger partial charge in [0.15, 0.2) is 5.17 Å². The molecule has 0 saturated carbocycles. The third kappa shape index (κ3) is 4.33. The maximum absolute atomic E-state index is 13.7. The maximum Gasteiger partial charge on any atom is 0.242 e. The van der Waals surface area contributed by atoms with Gasteiger partial charge in [-0.3, -0.25) is 14.5 Å². The molecule has 1 N–H and O–H groups in total. The van der Waals surface area contributed by atoms with Crippen molar-refractivity contribution in [2.24, 2.45) is 4.99 Å². The summed E-state index contributed by atoms with van der Waals surface area (Å²) in [4.78, 5) is 31.1. The Morgan fingerprint density at radius 3 is 2.68 bits per heavy atom. The quantitative estimate of drug-likeness (QED) is 0.799. The molecule has 6 nitrogen and oxygen atoms in total. The van der Waals surface area contributed by atoms with Crippen molar-refractivity contribution in [3.63, 3.8) is 0 Å². The maximum atomic E-state index is 13.7. The number of hydrogen-bond acceptors (Lipinski definition) is 5. The monoisotopic (exact) mass is 401 g/mol. The highest BCUT2D eigenvalue weighted by atomic mass is 32.2. The van der Waals surface area contributed by atoms with E-state index in [1.165, 1.54) is 28.8 Å². The zero-order valence-electron chi connectivity index (χ0n) is 15.5. The van der Waals surface area contributed by atoms with Crippen molar-refractivity contribution in [1.29, 1.82) is 0 Å². The van der Waals surface area contributed by atoms with E-state index >= 15 is 0 Å². The molecule has 0 spiro atoms. The van der Waals surface area contributed by atoms with Gasteiger partial charge in [-0.25, -0.2) is 9.38 Å². The molecule has 1 fully saturated rings. The first-order valence-corrected chi connectivity index (χ1v) is 9.65. The fourth-order valence-corrected chi connectivity index (χ4v) is 3.99. The van der Waals surface area contributed by atoms with Gasteiger partial charge < -0.3 is 10.1 Å². The topological polar surface area (TPSA) is 71.0 Å². The zero-order chi connectivity index (χ0) is 20.1. The predicted octanol–water partition coefficient (Wildman–Crippen LogP) is 3.81. The van der Waals surface area contributed by atoms with Gasteiger partial charge in [0.1, 0.15) is 22.5 Å². The number of halogens is 1. The molecule has 1 saturated heterocycles. The Balaban J connectivity index is 1.75. The minimum Gasteiger partial charge on any atom is -0.494 e. The summed E-state index contributed by atoms with van der Waals surface area (Å²) in [6.45, 7) is 2.28. The Morgan fingerprint density at radius 1 is 1.25 bits per heavy atom. The first-order chi connectivity index (χ1) is 13.5. The molecule has 1 atom stereocenters. The summed E-state index contributed by atoms with van der Waals surface area (Å²) in [6.07, 6.45) is -0.0702. The van der Waals surface area contributed by atoms with Crippen LogP contribution in [0.15, 0.2) is 53.5 Å². The minimum absolute atomic E-state index is 0.0702. The SMILES string of the molecule is CCN1C(=O)C(CC(=O)Nc2ccccc2F)SC1=Nc1ccccc1OC. The first kappa shape index (κ1) is 19.9. The Labute approximate surface area is 166 Å². The van der Waals surface area contributed by atoms with Crippen molar-refractivity contribution in [2.45, 2.75) is 18.6 Å². The van der Waals surface area contributed by atoms with E-state index in [2.05, 4.69) is 10.3 Å². The van der Waals surface area contributed by atoms with Crippen molar-refractivity contribution >= 4 is 40.1 Å². The molecule has 0 radical (unpaired) electrons. The van der Waals surface area contributed by atoms with E-state index in [0.717, 1.165) is 0 Å². The number of methoxy groups -OCH3 is 1. The third-order valence-corrected chi connectivity index (χ3v) is 5.33. The summed E-state index contributed by atoms with van der Waals surface area (Å²) in [6, 6.07) is 13.2. The number of amidine groups is 1. The molecule has 1 aliphatic rings. The summed E-state index contributed by atoms with van der Waals surface area (Å²) < 4.78 is 19.0. The van der Waals surface area contributed by atoms with E-state index in [9.17, 15) is 14.0 Å². The molecule has 1 heterocycles. The molecular weight excluding hydrogens is 381 g/mol. The molecule has 28 heavy (non-hydrogen) atoms. The van der Waals surface area contributed by atoms with Crippen LogP contribution < -0.4 is 10.1 Å². The van der Waals surface area contributed by atoms with E-state index in [-0.39, 0.29) is 18.0 Å². The highest BCUT2D eigenvalue weighted by Crippen LogP contribution is 2.34. The molecule has 1 unspecified atom stereocenters. The zero-order valence-corrected chi connectivity index (χ0v) is 16.3. The number of carbonyl (C=O) groups is 2. The normalized spacial score (nSPS) is 17.8. The van der Waals surface area contributed by atoms with Gasteiger partial charge in [-0.2, -0.15) is 0 Å². The molecule has 2 aromatic carbocycles. The van der Waals surface area contributed by atoms with Crippen molar-refractivity contribution < 1.29 is 18.7 Å². The molecule has 2 aromatic rings. The van der Waals surface area contributed by atoms with Gasteiger partial charge in [0.05, 0.1) is 12.8 Å². The number of hydrogen-bond donors (Lipinski definition) is 1. The van der Waals surface area contributed by atoms with E-state index in [0.29, 0.717) is 23.1 Å². The van der Waals surface area contributed by atoms with Gasteiger partial charge in [-0.1, -0.05) is 36.0 Å². The van der Waals surface area contributed by atoms with Crippen LogP contribution in [0.5, 0.6) is 5.75 Å². The minimum atomic E-state index is -0.611. The summed E-state index contributed by atoms with van der Waals surface area (Å²) >= 11 is 1.22. The number of rotatable bonds is 6. The van der Waals surface area contributed by atoms with Crippen LogP contribution >= 0.6 is 11.8 Å². The van der Waals surface area contributed by atoms with Crippen molar-refractivity contribution in [3.8, 4) is 5.75 Å². The molecule has 0 bridgehead atoms. The van der Waals surface area contributed by atoms with Crippen LogP contribution in [0.1, 0.15) is 13.3 Å². The fraction of sp³-hybridized carbons (Fsp3) is 0.250. The average Bonchev–Trinajstić information content (AvgIpc) is 2.98. The lowest BCUT2D eigenvalue weighted by atomic mass is 10.2. The summed E-state index contributed by atoms with van der Waals surface area (Å²) in [5.74, 6) is -0.537. The lowest BCUT2D eigenvalue weighted by Gasteiger charge is -2.14. The second-order valence-corrected chi connectivity index (χ2v) is 7.16. The Bertz CT molecular complexity index is 919. The van der Waals surface area contributed by atoms with Gasteiger partial charge >= 0.3 is 0 Å². The number of amides is 2. The number of thioether (sulfide) groups is 1. The van der Waals surface area contributed by atoms with Crippen LogP contribution in [-0.2, 0) is 9.59 Å². The van der Waals surface area contributed by atoms with Gasteiger partial charge in [0.25, 0.3) is 0 Å². The van der Waals surface area contributed by atoms with Crippen LogP contribution in [0.4, 0.5) is 15.8 Å². The van der Waals surface area contributed by atoms with Gasteiger partial charge in [-0.15, -0.1) is 0 Å². The van der Waals surface area contributed by atoms with E-state index in [1.807, 2.05) is 19.1 Å². The number of anilines is 1. The molecule has 1 aliphatic heterocycles. The second-order valence-electron chi connectivity index (χ2n) is 5.99. The van der Waals surface area contributed by atoms with Crippen LogP contribution in [-0.4, -0.2) is 40.8 Å². The van der Waals surface area contributed by atoms with Crippen molar-refractivity contribution in [3.05, 3.63) is 54.3 Å². The lowest BCUT2D eigenvalue weighted by molar-refractivity contribution is -0.128. The number of benzene rings is 2. The van der Waals surface area contributed by atoms with Gasteiger partial charge in [0.2, 0.25) is 11.8 Å². The smallest absolute Gasteiger partial charge is 0.242 e. The molecule has 0 aromatic heterocycles. The highest BCUT2D eigenvalue weighted by molar-refractivity contribution is 8.15. The highest BCUT2D eigenvalue weighted by Gasteiger charge is 2.38. The van der Waals surface area contributed by atoms with E-state index in [1.54, 1.807) is 31.4 Å². The largest absolute Gasteiger partial charge is 0.494 e. The molecule has 2 amide bonds. The Morgan fingerprint density at radius 2 is 1.96 bits per heavy atom. The van der Waals surface area contributed by atoms with Crippen molar-refractivity contribution in [2.75, 3.05) is 19.0 Å². The van der Waals surface area contributed by atoms with Crippen LogP contribution in [0, 0.1) is 5.82 Å². The molecule has 8 heteroatoms. The average molecular weight is 401 g/mol. The fourth-order valence-electron chi connectivity index (χ4n) is 2.77. The van der Waals surface area contributed by atoms with E-state index in [4.69, 9.17) is 4.74 Å². The number of nitrogens with one attached hydrogen (secondary N) is 1. The number of para-hydroxylation sites is 3. The van der Waals surface area contributed by atoms with Crippen molar-refractivity contribution in [1.82, 2.24) is 4.90 Å². The Kier molecular flexibility index (Phi) is 6.30. The van der Waals surface area contributed by atoms with E-state index < -0.39 is 17.0 Å². The van der Waals surface area contributed by atoms with Crippen LogP contribution in [0.3, 0.4) is 0 Å². The Hall–Kier alpha value is -2.87. The summed E-state index contributed by atoms with van der Waals surface area (Å²) in [5.41, 5.74) is 0.702. The molecular formula is C20H20FN3O3S. The van der Waals surface area contributed by atoms with Gasteiger partial charge in [-0.05, 0) is 31.2 Å². The second kappa shape index (κ2) is 8.88. The lowest BCUT2D eigenvalue weighted by Crippen LogP contribution is -2.33. The molecule has 3 rings (SSSR count). The summed E-state index contributed by atoms with van der Waals surface area (Å²) in [5, 5.41) is 2.42. The predicted molar refractivity (Wildman–Crippen MR) is 109 cm³/mol. The third-order valence-electron chi connectivity index (χ3n) is 4.16. The number of ether oxygens (including phenoxy) is 1. The number of carbonyl (C=O) groups excluding carboxylic acids is 2. The standard InChI is InChI=1S/C20H20FN3O3S/c1-3-24-19(26)17(12-18(25)22-14-9-5-4-8-13(14)21)28-20(24)23-15-10-6-7-11-16(15)27-2/h4-11,17H,3,12H2,1-2H3,(H,22,25). The van der Waals surface area contributed by atoms with Crippen LogP contribution in [0.25, 0.3) is 0 Å². The summed E-state index contributed by atoms with van der Waals surface area (Å²) in [7, 11) is 1.55. The number of aliphatic imine (C=N–C) groups is 1. The number of nitrogens with zero attached hydrogens (tertiary/aromatic N) is 2. The molecule has 0 aliphatic carbocycles.